The number of rotatable bonds is 47. The molecule has 2 N–H and O–H groups in total. The number of aryl methyl sites for hydroxylation is 1. The summed E-state index contributed by atoms with van der Waals surface area (Å²) in [4.78, 5) is 0. The molecular weight excluding hydrogens is 841 g/mol. The Hall–Kier alpha value is -1.84. The van der Waals surface area contributed by atoms with Gasteiger partial charge in [-0.05, 0) is 30.9 Å². The zero-order chi connectivity index (χ0) is 43.7. The molecule has 0 aliphatic carbocycles. The minimum atomic E-state index is -3.94. The quantitative estimate of drug-likeness (QED) is 0.0700. The Kier molecular flexibility index (Phi) is 37.4. The summed E-state index contributed by atoms with van der Waals surface area (Å²) in [5, 5.41) is 0. The molecule has 20 nitrogen and oxygen atoms in total. The molecule has 22 heteroatoms. The van der Waals surface area contributed by atoms with E-state index in [9.17, 15) is 16.8 Å². The summed E-state index contributed by atoms with van der Waals surface area (Å²) in [5.74, 6) is 0.823. The highest BCUT2D eigenvalue weighted by Gasteiger charge is 2.07. The third kappa shape index (κ3) is 40.2. The second-order valence-electron chi connectivity index (χ2n) is 12.4. The standard InChI is InChI=1S/C38H70O20S2/c1-2-36-5-6-37(57-31-29-55-27-25-53-23-21-51-19-17-49-15-13-47-11-9-45-7-3-33-59(39,40)41)35-38(36)58-32-30-56-28-26-54-24-22-52-20-18-50-16-14-48-12-10-46-8-4-34-60(42,43)44/h5-6,35H,2-4,7-34H2,1H3,(H,39,40,41)(H,42,43,44). The first-order chi connectivity index (χ1) is 29.1. The van der Waals surface area contributed by atoms with Crippen LogP contribution in [-0.2, 0) is 83.5 Å². The van der Waals surface area contributed by atoms with Crippen molar-refractivity contribution in [2.75, 3.05) is 183 Å². The molecule has 0 bridgehead atoms. The number of hydrogen-bond donors (Lipinski definition) is 2. The molecule has 0 radical (unpaired) electrons. The SMILES string of the molecule is CCc1ccc(OCCOCCOCCOCCOCCOCCOCCCS(=O)(=O)O)cc1OCCOCCOCCOCCOCCOCCOCCCS(=O)(=O)O. The first-order valence-corrected chi connectivity index (χ1v) is 23.5. The van der Waals surface area contributed by atoms with Crippen LogP contribution in [0.25, 0.3) is 0 Å². The van der Waals surface area contributed by atoms with Crippen molar-refractivity contribution in [1.29, 1.82) is 0 Å². The smallest absolute Gasteiger partial charge is 0.264 e. The topological polar surface area (TPSA) is 238 Å². The predicted octanol–water partition coefficient (Wildman–Crippen LogP) is 1.76. The molecule has 0 aliphatic rings. The molecule has 1 rings (SSSR count). The predicted molar refractivity (Wildman–Crippen MR) is 219 cm³/mol. The van der Waals surface area contributed by atoms with E-state index >= 15 is 0 Å². The maximum Gasteiger partial charge on any atom is 0.264 e. The summed E-state index contributed by atoms with van der Waals surface area (Å²) < 4.78 is 137. The van der Waals surface area contributed by atoms with Gasteiger partial charge in [-0.15, -0.1) is 0 Å². The molecule has 0 fully saturated rings. The molecule has 0 aliphatic heterocycles. The Morgan fingerprint density at radius 2 is 0.650 bits per heavy atom. The lowest BCUT2D eigenvalue weighted by Crippen LogP contribution is -2.15. The van der Waals surface area contributed by atoms with Crippen LogP contribution < -0.4 is 9.47 Å². The number of hydrogen-bond acceptors (Lipinski definition) is 18. The van der Waals surface area contributed by atoms with Gasteiger partial charge in [0, 0.05) is 19.3 Å². The van der Waals surface area contributed by atoms with E-state index in [2.05, 4.69) is 6.92 Å². The zero-order valence-electron chi connectivity index (χ0n) is 35.2. The molecule has 0 heterocycles. The summed E-state index contributed by atoms with van der Waals surface area (Å²) in [6, 6.07) is 5.79. The third-order valence-corrected chi connectivity index (χ3v) is 9.11. The lowest BCUT2D eigenvalue weighted by molar-refractivity contribution is -0.0178. The summed E-state index contributed by atoms with van der Waals surface area (Å²) in [5.41, 5.74) is 1.07. The van der Waals surface area contributed by atoms with Gasteiger partial charge in [0.25, 0.3) is 20.2 Å². The van der Waals surface area contributed by atoms with Gasteiger partial charge in [0.05, 0.1) is 157 Å². The highest BCUT2D eigenvalue weighted by Crippen LogP contribution is 2.25. The second kappa shape index (κ2) is 40.0. The summed E-state index contributed by atoms with van der Waals surface area (Å²) in [7, 11) is -7.88. The van der Waals surface area contributed by atoms with Crippen molar-refractivity contribution in [3.8, 4) is 11.5 Å². The van der Waals surface area contributed by atoms with Gasteiger partial charge in [-0.2, -0.15) is 16.8 Å². The molecule has 0 unspecified atom stereocenters. The van der Waals surface area contributed by atoms with Crippen molar-refractivity contribution in [2.45, 2.75) is 26.2 Å². The maximum absolute atomic E-state index is 10.6. The van der Waals surface area contributed by atoms with Crippen molar-refractivity contribution in [3.63, 3.8) is 0 Å². The molecule has 0 amide bonds. The molecular formula is C38H70O20S2. The van der Waals surface area contributed by atoms with Crippen LogP contribution in [0.4, 0.5) is 0 Å². The minimum absolute atomic E-state index is 0.236. The molecule has 0 spiro atoms. The molecule has 0 atom stereocenters. The second-order valence-corrected chi connectivity index (χ2v) is 15.6. The normalized spacial score (nSPS) is 12.1. The average Bonchev–Trinajstić information content (AvgIpc) is 3.21. The van der Waals surface area contributed by atoms with E-state index in [0.29, 0.717) is 164 Å². The van der Waals surface area contributed by atoms with Gasteiger partial charge >= 0.3 is 0 Å². The lowest BCUT2D eigenvalue weighted by atomic mass is 10.1. The van der Waals surface area contributed by atoms with Gasteiger partial charge in [-0.25, -0.2) is 0 Å². The highest BCUT2D eigenvalue weighted by molar-refractivity contribution is 7.86. The van der Waals surface area contributed by atoms with Crippen molar-refractivity contribution >= 4 is 20.2 Å². The number of ether oxygens (including phenoxy) is 14. The monoisotopic (exact) mass is 910 g/mol. The van der Waals surface area contributed by atoms with Crippen LogP contribution >= 0.6 is 0 Å². The van der Waals surface area contributed by atoms with E-state index < -0.39 is 20.2 Å². The van der Waals surface area contributed by atoms with Crippen LogP contribution in [0.3, 0.4) is 0 Å². The summed E-state index contributed by atoms with van der Waals surface area (Å²) in [6.07, 6.45) is 1.29. The first-order valence-electron chi connectivity index (χ1n) is 20.3. The lowest BCUT2D eigenvalue weighted by Gasteiger charge is -2.14. The van der Waals surface area contributed by atoms with Gasteiger partial charge in [-0.3, -0.25) is 9.11 Å². The van der Waals surface area contributed by atoms with Gasteiger partial charge in [0.1, 0.15) is 24.7 Å². The average molecular weight is 911 g/mol. The van der Waals surface area contributed by atoms with Crippen LogP contribution in [0.2, 0.25) is 0 Å². The van der Waals surface area contributed by atoms with E-state index in [1.165, 1.54) is 0 Å². The van der Waals surface area contributed by atoms with Crippen LogP contribution in [0.15, 0.2) is 18.2 Å². The fourth-order valence-corrected chi connectivity index (χ4v) is 5.54. The van der Waals surface area contributed by atoms with Crippen LogP contribution in [0.5, 0.6) is 11.5 Å². The molecule has 60 heavy (non-hydrogen) atoms. The molecule has 1 aromatic carbocycles. The Labute approximate surface area is 356 Å². The Morgan fingerprint density at radius 3 is 0.933 bits per heavy atom. The Balaban J connectivity index is 1.87. The Bertz CT molecular complexity index is 1320. The Morgan fingerprint density at radius 1 is 0.383 bits per heavy atom. The summed E-state index contributed by atoms with van der Waals surface area (Å²) in [6.45, 7) is 12.5. The van der Waals surface area contributed by atoms with Gasteiger partial charge < -0.3 is 66.3 Å². The molecule has 0 aromatic heterocycles. The van der Waals surface area contributed by atoms with E-state index in [-0.39, 0.29) is 37.6 Å². The van der Waals surface area contributed by atoms with Crippen molar-refractivity contribution < 1.29 is 92.3 Å². The zero-order valence-corrected chi connectivity index (χ0v) is 36.8. The van der Waals surface area contributed by atoms with Crippen molar-refractivity contribution in [3.05, 3.63) is 23.8 Å². The molecule has 1 aromatic rings. The summed E-state index contributed by atoms with van der Waals surface area (Å²) >= 11 is 0. The largest absolute Gasteiger partial charge is 0.491 e. The number of benzene rings is 1. The van der Waals surface area contributed by atoms with Crippen molar-refractivity contribution in [1.82, 2.24) is 0 Å². The van der Waals surface area contributed by atoms with E-state index in [0.717, 1.165) is 17.7 Å². The van der Waals surface area contributed by atoms with Crippen LogP contribution in [0, 0.1) is 0 Å². The van der Waals surface area contributed by atoms with Gasteiger partial charge in [-0.1, -0.05) is 13.0 Å². The van der Waals surface area contributed by atoms with Gasteiger partial charge in [0.15, 0.2) is 0 Å². The fraction of sp³-hybridized carbons (Fsp3) is 0.842. The molecule has 354 valence electrons. The fourth-order valence-electron chi connectivity index (χ4n) is 4.57. The van der Waals surface area contributed by atoms with Gasteiger partial charge in [0.2, 0.25) is 0 Å². The van der Waals surface area contributed by atoms with Crippen molar-refractivity contribution in [2.24, 2.45) is 0 Å². The van der Waals surface area contributed by atoms with Crippen LogP contribution in [0.1, 0.15) is 25.3 Å². The van der Waals surface area contributed by atoms with E-state index in [1.807, 2.05) is 18.2 Å². The van der Waals surface area contributed by atoms with E-state index in [1.54, 1.807) is 0 Å². The molecule has 0 saturated carbocycles. The highest BCUT2D eigenvalue weighted by atomic mass is 32.2. The third-order valence-electron chi connectivity index (χ3n) is 7.50. The van der Waals surface area contributed by atoms with Crippen LogP contribution in [-0.4, -0.2) is 209 Å². The maximum atomic E-state index is 10.6. The minimum Gasteiger partial charge on any atom is -0.491 e. The molecule has 0 saturated heterocycles. The first kappa shape index (κ1) is 56.2. The van der Waals surface area contributed by atoms with E-state index in [4.69, 9.17) is 75.4 Å².